The van der Waals surface area contributed by atoms with Gasteiger partial charge in [-0.1, -0.05) is 66.7 Å². The molecule has 1 N–H and O–H groups in total. The van der Waals surface area contributed by atoms with E-state index in [9.17, 15) is 5.11 Å². The summed E-state index contributed by atoms with van der Waals surface area (Å²) in [6, 6.07) is 19.6. The SMILES string of the molecule is C=C[C@@]1(OCc2ccccc2)[C@H](COCc2ccccc2)O[C@@H](OC)[C@H]1O. The van der Waals surface area contributed by atoms with Gasteiger partial charge in [-0.25, -0.2) is 0 Å². The first-order valence-corrected chi connectivity index (χ1v) is 8.99. The van der Waals surface area contributed by atoms with Crippen molar-refractivity contribution in [3.63, 3.8) is 0 Å². The van der Waals surface area contributed by atoms with Gasteiger partial charge < -0.3 is 24.1 Å². The summed E-state index contributed by atoms with van der Waals surface area (Å²) in [5.74, 6) is 0. The molecule has 0 unspecified atom stereocenters. The Morgan fingerprint density at radius 3 is 2.19 bits per heavy atom. The number of methoxy groups -OCH3 is 1. The highest BCUT2D eigenvalue weighted by Crippen LogP contribution is 2.37. The molecule has 1 saturated heterocycles. The number of hydrogen-bond acceptors (Lipinski definition) is 5. The van der Waals surface area contributed by atoms with E-state index in [4.69, 9.17) is 18.9 Å². The van der Waals surface area contributed by atoms with Crippen molar-refractivity contribution in [3.05, 3.63) is 84.4 Å². The summed E-state index contributed by atoms with van der Waals surface area (Å²) < 4.78 is 23.1. The van der Waals surface area contributed by atoms with Gasteiger partial charge in [0.25, 0.3) is 0 Å². The summed E-state index contributed by atoms with van der Waals surface area (Å²) in [4.78, 5) is 0. The maximum atomic E-state index is 10.8. The molecule has 144 valence electrons. The van der Waals surface area contributed by atoms with E-state index in [0.717, 1.165) is 11.1 Å². The zero-order valence-electron chi connectivity index (χ0n) is 15.5. The molecule has 5 heteroatoms. The number of aliphatic hydroxyl groups excluding tert-OH is 1. The van der Waals surface area contributed by atoms with Crippen molar-refractivity contribution < 1.29 is 24.1 Å². The molecular formula is C22H26O5. The van der Waals surface area contributed by atoms with Gasteiger partial charge >= 0.3 is 0 Å². The first kappa shape index (κ1) is 19.7. The third-order valence-corrected chi connectivity index (χ3v) is 4.79. The molecule has 27 heavy (non-hydrogen) atoms. The molecule has 0 radical (unpaired) electrons. The Hall–Kier alpha value is -2.02. The van der Waals surface area contributed by atoms with E-state index < -0.39 is 24.1 Å². The third kappa shape index (κ3) is 4.46. The van der Waals surface area contributed by atoms with Crippen LogP contribution in [0.1, 0.15) is 11.1 Å². The number of hydrogen-bond donors (Lipinski definition) is 1. The van der Waals surface area contributed by atoms with Crippen molar-refractivity contribution in [1.82, 2.24) is 0 Å². The summed E-state index contributed by atoms with van der Waals surface area (Å²) >= 11 is 0. The maximum absolute atomic E-state index is 10.8. The van der Waals surface area contributed by atoms with Crippen molar-refractivity contribution in [2.24, 2.45) is 0 Å². The first-order chi connectivity index (χ1) is 13.2. The van der Waals surface area contributed by atoms with E-state index >= 15 is 0 Å². The lowest BCUT2D eigenvalue weighted by Crippen LogP contribution is -2.50. The fraction of sp³-hybridized carbons (Fsp3) is 0.364. The standard InChI is InChI=1S/C22H26O5/c1-3-22(26-15-18-12-8-5-9-13-18)19(27-21(24-2)20(22)23)16-25-14-17-10-6-4-7-11-17/h3-13,19-21,23H,1,14-16H2,2H3/t19-,20+,21+,22+/m0/s1. The van der Waals surface area contributed by atoms with E-state index in [1.807, 2.05) is 60.7 Å². The molecule has 1 aliphatic rings. The highest BCUT2D eigenvalue weighted by Gasteiger charge is 2.56. The van der Waals surface area contributed by atoms with Crippen LogP contribution in [0.4, 0.5) is 0 Å². The smallest absolute Gasteiger partial charge is 0.186 e. The largest absolute Gasteiger partial charge is 0.384 e. The van der Waals surface area contributed by atoms with E-state index in [1.165, 1.54) is 7.11 Å². The quantitative estimate of drug-likeness (QED) is 0.688. The summed E-state index contributed by atoms with van der Waals surface area (Å²) in [5, 5.41) is 10.8. The topological polar surface area (TPSA) is 57.2 Å². The Morgan fingerprint density at radius 2 is 1.63 bits per heavy atom. The van der Waals surface area contributed by atoms with Crippen LogP contribution in [0.15, 0.2) is 73.3 Å². The Morgan fingerprint density at radius 1 is 1.04 bits per heavy atom. The molecule has 1 aliphatic heterocycles. The monoisotopic (exact) mass is 370 g/mol. The van der Waals surface area contributed by atoms with Crippen LogP contribution in [-0.4, -0.2) is 42.9 Å². The minimum Gasteiger partial charge on any atom is -0.384 e. The summed E-state index contributed by atoms with van der Waals surface area (Å²) in [5.41, 5.74) is 0.942. The molecule has 2 aromatic carbocycles. The fourth-order valence-corrected chi connectivity index (χ4v) is 3.23. The van der Waals surface area contributed by atoms with Gasteiger partial charge in [-0.3, -0.25) is 0 Å². The predicted molar refractivity (Wildman–Crippen MR) is 102 cm³/mol. The lowest BCUT2D eigenvalue weighted by Gasteiger charge is -2.33. The van der Waals surface area contributed by atoms with Gasteiger partial charge in [0.1, 0.15) is 17.8 Å². The van der Waals surface area contributed by atoms with E-state index in [1.54, 1.807) is 6.08 Å². The molecule has 0 saturated carbocycles. The average Bonchev–Trinajstić information content (AvgIpc) is 2.99. The first-order valence-electron chi connectivity index (χ1n) is 8.99. The van der Waals surface area contributed by atoms with Crippen LogP contribution in [0, 0.1) is 0 Å². The van der Waals surface area contributed by atoms with Crippen molar-refractivity contribution in [1.29, 1.82) is 0 Å². The molecule has 0 amide bonds. The number of rotatable bonds is 9. The molecule has 4 atom stereocenters. The van der Waals surface area contributed by atoms with Crippen LogP contribution in [0.2, 0.25) is 0 Å². The molecule has 0 bridgehead atoms. The van der Waals surface area contributed by atoms with Gasteiger partial charge in [0.2, 0.25) is 0 Å². The zero-order valence-corrected chi connectivity index (χ0v) is 15.5. The molecule has 1 fully saturated rings. The van der Waals surface area contributed by atoms with Crippen molar-refractivity contribution >= 4 is 0 Å². The predicted octanol–water partition coefficient (Wildman–Crippen LogP) is 3.08. The minimum absolute atomic E-state index is 0.243. The molecule has 5 nitrogen and oxygen atoms in total. The molecule has 3 rings (SSSR count). The Labute approximate surface area is 160 Å². The number of ether oxygens (including phenoxy) is 4. The summed E-state index contributed by atoms with van der Waals surface area (Å²) in [7, 11) is 1.49. The molecule has 0 aromatic heterocycles. The number of aliphatic hydroxyl groups is 1. The van der Waals surface area contributed by atoms with Crippen LogP contribution >= 0.6 is 0 Å². The van der Waals surface area contributed by atoms with Gasteiger partial charge in [-0.2, -0.15) is 0 Å². The Balaban J connectivity index is 1.69. The van der Waals surface area contributed by atoms with Crippen LogP contribution in [0.25, 0.3) is 0 Å². The van der Waals surface area contributed by atoms with Crippen LogP contribution in [0.5, 0.6) is 0 Å². The van der Waals surface area contributed by atoms with E-state index in [0.29, 0.717) is 13.2 Å². The fourth-order valence-electron chi connectivity index (χ4n) is 3.23. The van der Waals surface area contributed by atoms with Crippen LogP contribution in [0.3, 0.4) is 0 Å². The van der Waals surface area contributed by atoms with Gasteiger partial charge in [0, 0.05) is 7.11 Å². The van der Waals surface area contributed by atoms with Gasteiger partial charge in [-0.05, 0) is 11.1 Å². The molecule has 1 heterocycles. The highest BCUT2D eigenvalue weighted by atomic mass is 16.7. The zero-order chi connectivity index (χ0) is 19.1. The average molecular weight is 370 g/mol. The second-order valence-electron chi connectivity index (χ2n) is 6.51. The highest BCUT2D eigenvalue weighted by molar-refractivity contribution is 5.17. The normalized spacial score (nSPS) is 27.6. The van der Waals surface area contributed by atoms with E-state index in [-0.39, 0.29) is 6.61 Å². The second kappa shape index (κ2) is 9.26. The van der Waals surface area contributed by atoms with Crippen molar-refractivity contribution in [3.8, 4) is 0 Å². The lowest BCUT2D eigenvalue weighted by atomic mass is 9.92. The van der Waals surface area contributed by atoms with Gasteiger partial charge in [0.05, 0.1) is 19.8 Å². The van der Waals surface area contributed by atoms with Crippen LogP contribution < -0.4 is 0 Å². The molecule has 0 aliphatic carbocycles. The third-order valence-electron chi connectivity index (χ3n) is 4.79. The lowest BCUT2D eigenvalue weighted by molar-refractivity contribution is -0.156. The van der Waals surface area contributed by atoms with E-state index in [2.05, 4.69) is 6.58 Å². The minimum atomic E-state index is -1.12. The maximum Gasteiger partial charge on any atom is 0.186 e. The summed E-state index contributed by atoms with van der Waals surface area (Å²) in [6.45, 7) is 4.89. The molecular weight excluding hydrogens is 344 g/mol. The molecule has 0 spiro atoms. The second-order valence-corrected chi connectivity index (χ2v) is 6.51. The van der Waals surface area contributed by atoms with Crippen molar-refractivity contribution in [2.75, 3.05) is 13.7 Å². The van der Waals surface area contributed by atoms with Crippen molar-refractivity contribution in [2.45, 2.75) is 37.3 Å². The van der Waals surface area contributed by atoms with Gasteiger partial charge in [0.15, 0.2) is 6.29 Å². The summed E-state index contributed by atoms with van der Waals surface area (Å²) in [6.07, 6.45) is -0.753. The Bertz CT molecular complexity index is 705. The Kier molecular flexibility index (Phi) is 6.77. The molecule has 2 aromatic rings. The van der Waals surface area contributed by atoms with Gasteiger partial charge in [-0.15, -0.1) is 6.58 Å². The number of benzene rings is 2. The van der Waals surface area contributed by atoms with Crippen LogP contribution in [-0.2, 0) is 32.2 Å².